The zero-order valence-corrected chi connectivity index (χ0v) is 18.3. The molecule has 0 saturated carbocycles. The van der Waals surface area contributed by atoms with Crippen LogP contribution in [0.25, 0.3) is 11.2 Å². The predicted octanol–water partition coefficient (Wildman–Crippen LogP) is 2.12. The molecule has 10 nitrogen and oxygen atoms in total. The van der Waals surface area contributed by atoms with Gasteiger partial charge in [0.15, 0.2) is 11.5 Å². The summed E-state index contributed by atoms with van der Waals surface area (Å²) < 4.78 is 6.24. The number of aryl methyl sites for hydroxylation is 1. The number of carbonyl (C=O) groups excluding carboxylic acids is 2. The lowest BCUT2D eigenvalue weighted by atomic mass is 10.2. The van der Waals surface area contributed by atoms with Gasteiger partial charge in [-0.05, 0) is 30.3 Å². The molecular weight excluding hydrogens is 436 g/mol. The largest absolute Gasteiger partial charge is 0.465 e. The summed E-state index contributed by atoms with van der Waals surface area (Å²) in [6.07, 6.45) is 1.62. The monoisotopic (exact) mass is 456 g/mol. The third kappa shape index (κ3) is 4.09. The third-order valence-corrected chi connectivity index (χ3v) is 5.54. The van der Waals surface area contributed by atoms with E-state index in [1.54, 1.807) is 36.3 Å². The van der Waals surface area contributed by atoms with E-state index in [4.69, 9.17) is 16.3 Å². The van der Waals surface area contributed by atoms with Crippen molar-refractivity contribution < 1.29 is 14.3 Å². The molecule has 2 aromatic heterocycles. The van der Waals surface area contributed by atoms with E-state index < -0.39 is 5.97 Å². The quantitative estimate of drug-likeness (QED) is 0.601. The minimum absolute atomic E-state index is 0.210. The number of esters is 1. The maximum Gasteiger partial charge on any atom is 0.339 e. The van der Waals surface area contributed by atoms with Gasteiger partial charge >= 0.3 is 12.0 Å². The van der Waals surface area contributed by atoms with E-state index in [0.29, 0.717) is 48.2 Å². The minimum Gasteiger partial charge on any atom is -0.465 e. The summed E-state index contributed by atoms with van der Waals surface area (Å²) in [5.41, 5.74) is 1.38. The summed E-state index contributed by atoms with van der Waals surface area (Å²) in [5.74, 6) is -0.245. The summed E-state index contributed by atoms with van der Waals surface area (Å²) in [4.78, 5) is 49.7. The molecule has 166 valence electrons. The second-order valence-electron chi connectivity index (χ2n) is 7.23. The molecule has 1 N–H and O–H groups in total. The van der Waals surface area contributed by atoms with Gasteiger partial charge in [-0.25, -0.2) is 19.6 Å². The molecule has 1 aromatic carbocycles. The lowest BCUT2D eigenvalue weighted by Crippen LogP contribution is -2.51. The highest BCUT2D eigenvalue weighted by atomic mass is 35.5. The van der Waals surface area contributed by atoms with Crippen LogP contribution in [0.1, 0.15) is 10.4 Å². The Morgan fingerprint density at radius 2 is 1.91 bits per heavy atom. The average Bonchev–Trinajstić information content (AvgIpc) is 2.81. The number of ether oxygens (including phenoxy) is 1. The standard InChI is InChI=1S/C21H21ClN6O4/c1-26-17-15(4-3-7-23-17)24-18(19(26)29)27-8-10-28(11-9-27)21(31)25-16-12-13(22)5-6-14(16)20(30)32-2/h3-7,12H,8-11H2,1-2H3,(H,25,31). The summed E-state index contributed by atoms with van der Waals surface area (Å²) >= 11 is 6.02. The van der Waals surface area contributed by atoms with Crippen LogP contribution < -0.4 is 15.8 Å². The number of rotatable bonds is 3. The van der Waals surface area contributed by atoms with Crippen LogP contribution in [0.5, 0.6) is 0 Å². The third-order valence-electron chi connectivity index (χ3n) is 5.30. The lowest BCUT2D eigenvalue weighted by Gasteiger charge is -2.35. The van der Waals surface area contributed by atoms with E-state index in [2.05, 4.69) is 15.3 Å². The Morgan fingerprint density at radius 1 is 1.16 bits per heavy atom. The van der Waals surface area contributed by atoms with Crippen LogP contribution in [-0.4, -0.2) is 64.7 Å². The molecule has 0 spiro atoms. The van der Waals surface area contributed by atoms with Crippen molar-refractivity contribution in [3.63, 3.8) is 0 Å². The number of aromatic nitrogens is 3. The second kappa shape index (κ2) is 8.83. The summed E-state index contributed by atoms with van der Waals surface area (Å²) in [5, 5.41) is 3.11. The Balaban J connectivity index is 1.48. The van der Waals surface area contributed by atoms with Crippen molar-refractivity contribution in [2.24, 2.45) is 7.05 Å². The van der Waals surface area contributed by atoms with Crippen molar-refractivity contribution in [2.75, 3.05) is 43.5 Å². The number of nitrogens with one attached hydrogen (secondary N) is 1. The molecule has 3 heterocycles. The number of carbonyl (C=O) groups is 2. The highest BCUT2D eigenvalue weighted by molar-refractivity contribution is 6.31. The number of fused-ring (bicyclic) bond motifs is 1. The zero-order valence-electron chi connectivity index (χ0n) is 17.5. The smallest absolute Gasteiger partial charge is 0.339 e. The molecule has 1 saturated heterocycles. The number of methoxy groups -OCH3 is 1. The Kier molecular flexibility index (Phi) is 5.95. The summed E-state index contributed by atoms with van der Waals surface area (Å²) in [7, 11) is 2.93. The van der Waals surface area contributed by atoms with E-state index >= 15 is 0 Å². The number of pyridine rings is 1. The molecule has 0 bridgehead atoms. The van der Waals surface area contributed by atoms with Crippen LogP contribution in [0.3, 0.4) is 0 Å². The molecule has 1 fully saturated rings. The first-order valence-electron chi connectivity index (χ1n) is 9.89. The van der Waals surface area contributed by atoms with Crippen LogP contribution in [0.4, 0.5) is 16.3 Å². The molecule has 0 aliphatic carbocycles. The SMILES string of the molecule is COC(=O)c1ccc(Cl)cc1NC(=O)N1CCN(c2nc3cccnc3n(C)c2=O)CC1. The number of anilines is 2. The van der Waals surface area contributed by atoms with Gasteiger partial charge in [-0.1, -0.05) is 11.6 Å². The molecule has 0 atom stereocenters. The van der Waals surface area contributed by atoms with Gasteiger partial charge < -0.3 is 19.9 Å². The van der Waals surface area contributed by atoms with Crippen LogP contribution in [0.15, 0.2) is 41.3 Å². The maximum atomic E-state index is 12.8. The van der Waals surface area contributed by atoms with Crippen molar-refractivity contribution in [3.05, 3.63) is 57.5 Å². The van der Waals surface area contributed by atoms with Crippen molar-refractivity contribution in [3.8, 4) is 0 Å². The number of nitrogens with zero attached hydrogens (tertiary/aromatic N) is 5. The summed E-state index contributed by atoms with van der Waals surface area (Å²) in [6, 6.07) is 7.75. The zero-order chi connectivity index (χ0) is 22.8. The Bertz CT molecular complexity index is 1250. The average molecular weight is 457 g/mol. The highest BCUT2D eigenvalue weighted by Crippen LogP contribution is 2.23. The van der Waals surface area contributed by atoms with Gasteiger partial charge in [0, 0.05) is 44.4 Å². The molecule has 3 aromatic rings. The van der Waals surface area contributed by atoms with Crippen LogP contribution in [-0.2, 0) is 11.8 Å². The maximum absolute atomic E-state index is 12.8. The normalized spacial score (nSPS) is 13.8. The van der Waals surface area contributed by atoms with Crippen LogP contribution >= 0.6 is 11.6 Å². The fourth-order valence-corrected chi connectivity index (χ4v) is 3.74. The number of hydrogen-bond acceptors (Lipinski definition) is 7. The van der Waals surface area contributed by atoms with E-state index in [0.717, 1.165) is 0 Å². The van der Waals surface area contributed by atoms with Crippen LogP contribution in [0.2, 0.25) is 5.02 Å². The molecule has 0 radical (unpaired) electrons. The number of amides is 2. The van der Waals surface area contributed by atoms with Crippen molar-refractivity contribution >= 4 is 46.3 Å². The van der Waals surface area contributed by atoms with Gasteiger partial charge in [0.05, 0.1) is 18.4 Å². The first kappa shape index (κ1) is 21.6. The van der Waals surface area contributed by atoms with E-state index in [-0.39, 0.29) is 22.8 Å². The number of urea groups is 1. The van der Waals surface area contributed by atoms with E-state index in [1.807, 2.05) is 4.90 Å². The first-order chi connectivity index (χ1) is 15.4. The Morgan fingerprint density at radius 3 is 2.62 bits per heavy atom. The van der Waals surface area contributed by atoms with Crippen molar-refractivity contribution in [1.29, 1.82) is 0 Å². The fraction of sp³-hybridized carbons (Fsp3) is 0.286. The van der Waals surface area contributed by atoms with Crippen molar-refractivity contribution in [1.82, 2.24) is 19.4 Å². The Hall–Kier alpha value is -3.66. The highest BCUT2D eigenvalue weighted by Gasteiger charge is 2.25. The lowest BCUT2D eigenvalue weighted by molar-refractivity contribution is 0.0602. The van der Waals surface area contributed by atoms with E-state index in [1.165, 1.54) is 23.8 Å². The molecule has 11 heteroatoms. The number of piperazine rings is 1. The predicted molar refractivity (Wildman–Crippen MR) is 120 cm³/mol. The van der Waals surface area contributed by atoms with Gasteiger partial charge in [0.1, 0.15) is 5.52 Å². The topological polar surface area (TPSA) is 110 Å². The summed E-state index contributed by atoms with van der Waals surface area (Å²) in [6.45, 7) is 1.60. The van der Waals surface area contributed by atoms with Crippen LogP contribution in [0, 0.1) is 0 Å². The molecule has 0 unspecified atom stereocenters. The number of hydrogen-bond donors (Lipinski definition) is 1. The molecule has 1 aliphatic rings. The van der Waals surface area contributed by atoms with Gasteiger partial charge in [0.2, 0.25) is 0 Å². The minimum atomic E-state index is -0.575. The fourth-order valence-electron chi connectivity index (χ4n) is 3.57. The van der Waals surface area contributed by atoms with Gasteiger partial charge in [-0.3, -0.25) is 9.36 Å². The van der Waals surface area contributed by atoms with Gasteiger partial charge in [-0.2, -0.15) is 0 Å². The molecular formula is C21H21ClN6O4. The van der Waals surface area contributed by atoms with E-state index in [9.17, 15) is 14.4 Å². The second-order valence-corrected chi connectivity index (χ2v) is 7.67. The first-order valence-corrected chi connectivity index (χ1v) is 10.3. The molecule has 2 amide bonds. The van der Waals surface area contributed by atoms with Gasteiger partial charge in [0.25, 0.3) is 5.56 Å². The number of halogens is 1. The van der Waals surface area contributed by atoms with Crippen molar-refractivity contribution in [2.45, 2.75) is 0 Å². The molecule has 1 aliphatic heterocycles. The Labute approximate surface area is 188 Å². The number of benzene rings is 1. The molecule has 4 rings (SSSR count). The van der Waals surface area contributed by atoms with Gasteiger partial charge in [-0.15, -0.1) is 0 Å². The molecule has 32 heavy (non-hydrogen) atoms.